The zero-order chi connectivity index (χ0) is 11.5. The lowest BCUT2D eigenvalue weighted by atomic mass is 10.1. The van der Waals surface area contributed by atoms with E-state index in [9.17, 15) is 0 Å². The summed E-state index contributed by atoms with van der Waals surface area (Å²) in [5.74, 6) is 0. The van der Waals surface area contributed by atoms with Gasteiger partial charge in [-0.25, -0.2) is 0 Å². The molecule has 0 aromatic rings. The Hall–Kier alpha value is -0.440. The van der Waals surface area contributed by atoms with Crippen LogP contribution < -0.4 is 5.73 Å². The van der Waals surface area contributed by atoms with E-state index in [0.29, 0.717) is 5.25 Å². The smallest absolute Gasteiger partial charge is 0.151 e. The number of nitrogens with two attached hydrogens (primary N) is 1. The molecule has 0 saturated carbocycles. The second kappa shape index (κ2) is 10.1. The molecule has 2 nitrogen and oxygen atoms in total. The SMILES string of the molecule is C=CCCCCCCCC(C)SC(=N)N. The van der Waals surface area contributed by atoms with Crippen LogP contribution in [0.3, 0.4) is 0 Å². The predicted molar refractivity (Wildman–Crippen MR) is 71.5 cm³/mol. The number of hydrogen-bond donors (Lipinski definition) is 2. The number of allylic oxidation sites excluding steroid dienone is 1. The highest BCUT2D eigenvalue weighted by Gasteiger charge is 2.03. The Morgan fingerprint density at radius 1 is 1.33 bits per heavy atom. The van der Waals surface area contributed by atoms with Gasteiger partial charge >= 0.3 is 0 Å². The largest absolute Gasteiger partial charge is 0.379 e. The first-order valence-corrected chi connectivity index (χ1v) is 6.66. The van der Waals surface area contributed by atoms with Gasteiger partial charge in [0, 0.05) is 5.25 Å². The highest BCUT2D eigenvalue weighted by Crippen LogP contribution is 2.17. The molecule has 0 bridgehead atoms. The van der Waals surface area contributed by atoms with Crippen molar-refractivity contribution in [3.8, 4) is 0 Å². The summed E-state index contributed by atoms with van der Waals surface area (Å²) in [5.41, 5.74) is 5.32. The van der Waals surface area contributed by atoms with Gasteiger partial charge in [0.1, 0.15) is 0 Å². The zero-order valence-corrected chi connectivity index (χ0v) is 10.6. The molecule has 0 fully saturated rings. The third-order valence-electron chi connectivity index (χ3n) is 2.35. The molecule has 0 aliphatic heterocycles. The van der Waals surface area contributed by atoms with Crippen molar-refractivity contribution < 1.29 is 0 Å². The second-order valence-electron chi connectivity index (χ2n) is 3.93. The number of hydrogen-bond acceptors (Lipinski definition) is 2. The number of nitrogens with one attached hydrogen (secondary N) is 1. The van der Waals surface area contributed by atoms with E-state index in [1.54, 1.807) is 0 Å². The van der Waals surface area contributed by atoms with Crippen LogP contribution in [0.15, 0.2) is 12.7 Å². The fourth-order valence-corrected chi connectivity index (χ4v) is 2.24. The Bertz CT molecular complexity index is 180. The van der Waals surface area contributed by atoms with Gasteiger partial charge in [0.05, 0.1) is 0 Å². The molecule has 0 aliphatic rings. The van der Waals surface area contributed by atoms with Gasteiger partial charge in [0.15, 0.2) is 5.17 Å². The van der Waals surface area contributed by atoms with E-state index in [-0.39, 0.29) is 5.17 Å². The topological polar surface area (TPSA) is 49.9 Å². The fourth-order valence-electron chi connectivity index (χ4n) is 1.53. The first kappa shape index (κ1) is 14.6. The maximum atomic E-state index is 7.15. The summed E-state index contributed by atoms with van der Waals surface area (Å²) >= 11 is 1.47. The van der Waals surface area contributed by atoms with E-state index in [4.69, 9.17) is 11.1 Å². The van der Waals surface area contributed by atoms with E-state index >= 15 is 0 Å². The molecular weight excluding hydrogens is 204 g/mol. The quantitative estimate of drug-likeness (QED) is 0.272. The number of unbranched alkanes of at least 4 members (excludes halogenated alkanes) is 5. The van der Waals surface area contributed by atoms with E-state index in [1.165, 1.54) is 50.3 Å². The minimum absolute atomic E-state index is 0.244. The summed E-state index contributed by atoms with van der Waals surface area (Å²) in [6.45, 7) is 5.85. The van der Waals surface area contributed by atoms with Crippen LogP contribution in [-0.4, -0.2) is 10.4 Å². The van der Waals surface area contributed by atoms with Gasteiger partial charge in [-0.15, -0.1) is 6.58 Å². The third kappa shape index (κ3) is 11.5. The summed E-state index contributed by atoms with van der Waals surface area (Å²) in [6, 6.07) is 0. The maximum absolute atomic E-state index is 7.15. The zero-order valence-electron chi connectivity index (χ0n) is 9.80. The Morgan fingerprint density at radius 3 is 2.53 bits per heavy atom. The minimum atomic E-state index is 0.244. The number of thioether (sulfide) groups is 1. The lowest BCUT2D eigenvalue weighted by Gasteiger charge is -2.08. The summed E-state index contributed by atoms with van der Waals surface area (Å²) in [7, 11) is 0. The average Bonchev–Trinajstić information content (AvgIpc) is 2.15. The van der Waals surface area contributed by atoms with Crippen molar-refractivity contribution in [2.75, 3.05) is 0 Å². The van der Waals surface area contributed by atoms with Crippen LogP contribution >= 0.6 is 11.8 Å². The van der Waals surface area contributed by atoms with Crippen LogP contribution in [0.1, 0.15) is 51.9 Å². The third-order valence-corrected chi connectivity index (χ3v) is 3.24. The molecule has 0 amide bonds. The molecule has 0 saturated heterocycles. The van der Waals surface area contributed by atoms with Gasteiger partial charge in [-0.05, 0) is 19.3 Å². The lowest BCUT2D eigenvalue weighted by Crippen LogP contribution is -2.09. The van der Waals surface area contributed by atoms with E-state index in [1.807, 2.05) is 6.08 Å². The molecule has 0 rings (SSSR count). The molecule has 3 N–H and O–H groups in total. The van der Waals surface area contributed by atoms with Crippen molar-refractivity contribution in [1.82, 2.24) is 0 Å². The van der Waals surface area contributed by atoms with Gasteiger partial charge in [-0.2, -0.15) is 0 Å². The molecule has 1 unspecified atom stereocenters. The molecule has 0 radical (unpaired) electrons. The second-order valence-corrected chi connectivity index (χ2v) is 5.41. The highest BCUT2D eigenvalue weighted by atomic mass is 32.2. The van der Waals surface area contributed by atoms with Crippen molar-refractivity contribution in [1.29, 1.82) is 5.41 Å². The maximum Gasteiger partial charge on any atom is 0.151 e. The molecular formula is C12H24N2S. The Labute approximate surface area is 98.2 Å². The van der Waals surface area contributed by atoms with Crippen molar-refractivity contribution in [2.24, 2.45) is 5.73 Å². The standard InChI is InChI=1S/C12H24N2S/c1-3-4-5-6-7-8-9-10-11(2)15-12(13)14/h3,11H,1,4-10H2,2H3,(H3,13,14). The van der Waals surface area contributed by atoms with E-state index in [2.05, 4.69) is 13.5 Å². The molecule has 15 heavy (non-hydrogen) atoms. The monoisotopic (exact) mass is 228 g/mol. The first-order chi connectivity index (χ1) is 7.16. The van der Waals surface area contributed by atoms with Gasteiger partial charge in [-0.1, -0.05) is 50.4 Å². The molecule has 88 valence electrons. The summed E-state index contributed by atoms with van der Waals surface area (Å²) in [6.07, 6.45) is 10.8. The van der Waals surface area contributed by atoms with Gasteiger partial charge in [0.2, 0.25) is 0 Å². The fraction of sp³-hybridized carbons (Fsp3) is 0.750. The van der Waals surface area contributed by atoms with Crippen molar-refractivity contribution in [3.05, 3.63) is 12.7 Å². The van der Waals surface area contributed by atoms with Gasteiger partial charge in [0.25, 0.3) is 0 Å². The number of rotatable bonds is 9. The summed E-state index contributed by atoms with van der Waals surface area (Å²) in [5, 5.41) is 7.89. The Kier molecular flexibility index (Phi) is 9.79. The van der Waals surface area contributed by atoms with Crippen LogP contribution in [0.5, 0.6) is 0 Å². The molecule has 0 aromatic carbocycles. The van der Waals surface area contributed by atoms with E-state index < -0.39 is 0 Å². The van der Waals surface area contributed by atoms with Crippen LogP contribution in [0, 0.1) is 5.41 Å². The molecule has 1 atom stereocenters. The van der Waals surface area contributed by atoms with Crippen LogP contribution in [0.25, 0.3) is 0 Å². The van der Waals surface area contributed by atoms with Crippen molar-refractivity contribution in [2.45, 2.75) is 57.1 Å². The molecule has 3 heteroatoms. The Morgan fingerprint density at radius 2 is 1.93 bits per heavy atom. The highest BCUT2D eigenvalue weighted by molar-refractivity contribution is 8.14. The van der Waals surface area contributed by atoms with E-state index in [0.717, 1.165) is 6.42 Å². The van der Waals surface area contributed by atoms with Crippen LogP contribution in [-0.2, 0) is 0 Å². The molecule has 0 aromatic heterocycles. The van der Waals surface area contributed by atoms with Crippen molar-refractivity contribution >= 4 is 16.9 Å². The molecule has 0 aliphatic carbocycles. The number of amidine groups is 1. The summed E-state index contributed by atoms with van der Waals surface area (Å²) < 4.78 is 0. The van der Waals surface area contributed by atoms with Crippen molar-refractivity contribution in [3.63, 3.8) is 0 Å². The van der Waals surface area contributed by atoms with Crippen LogP contribution in [0.4, 0.5) is 0 Å². The minimum Gasteiger partial charge on any atom is -0.379 e. The average molecular weight is 228 g/mol. The summed E-state index contributed by atoms with van der Waals surface area (Å²) in [4.78, 5) is 0. The Balaban J connectivity index is 3.16. The normalized spacial score (nSPS) is 12.3. The van der Waals surface area contributed by atoms with Gasteiger partial charge in [-0.3, -0.25) is 5.41 Å². The molecule has 0 spiro atoms. The van der Waals surface area contributed by atoms with Crippen LogP contribution in [0.2, 0.25) is 0 Å². The predicted octanol–water partition coefficient (Wildman–Crippen LogP) is 3.92. The lowest BCUT2D eigenvalue weighted by molar-refractivity contribution is 0.596. The first-order valence-electron chi connectivity index (χ1n) is 5.78. The molecule has 0 heterocycles. The van der Waals surface area contributed by atoms with Gasteiger partial charge < -0.3 is 5.73 Å².